The average Bonchev–Trinajstić information content (AvgIpc) is 2.92. The Morgan fingerprint density at radius 3 is 2.36 bits per heavy atom. The predicted molar refractivity (Wildman–Crippen MR) is 160 cm³/mol. The number of aromatic nitrogens is 2. The minimum Gasteiger partial charge on any atom is -0.382 e. The quantitative estimate of drug-likeness (QED) is 0.156. The average molecular weight is 666 g/mol. The molecule has 1 aliphatic heterocycles. The third kappa shape index (κ3) is 8.71. The number of guanidine groups is 1. The first-order valence-corrected chi connectivity index (χ1v) is 13.8. The van der Waals surface area contributed by atoms with Crippen molar-refractivity contribution in [3.05, 3.63) is 79.9 Å². The van der Waals surface area contributed by atoms with Crippen LogP contribution in [0.3, 0.4) is 0 Å². The van der Waals surface area contributed by atoms with Gasteiger partial charge in [-0.3, -0.25) is 24.9 Å². The molecule has 0 spiro atoms. The second-order valence-corrected chi connectivity index (χ2v) is 10.6. The summed E-state index contributed by atoms with van der Waals surface area (Å²) >= 11 is 8.48. The van der Waals surface area contributed by atoms with E-state index in [2.05, 4.69) is 58.0 Å². The van der Waals surface area contributed by atoms with Crippen LogP contribution in [0.25, 0.3) is 0 Å². The van der Waals surface area contributed by atoms with Crippen molar-refractivity contribution in [1.29, 1.82) is 0 Å². The summed E-state index contributed by atoms with van der Waals surface area (Å²) in [4.78, 5) is 29.8. The van der Waals surface area contributed by atoms with E-state index in [1.54, 1.807) is 0 Å². The Bertz CT molecular complexity index is 1300. The van der Waals surface area contributed by atoms with Crippen LogP contribution >= 0.6 is 34.2 Å². The Labute approximate surface area is 245 Å². The van der Waals surface area contributed by atoms with Crippen molar-refractivity contribution in [3.8, 4) is 0 Å². The van der Waals surface area contributed by atoms with Crippen molar-refractivity contribution in [2.45, 2.75) is 13.1 Å². The van der Waals surface area contributed by atoms with Gasteiger partial charge in [-0.15, -0.1) is 0 Å². The van der Waals surface area contributed by atoms with E-state index in [9.17, 15) is 9.18 Å². The van der Waals surface area contributed by atoms with Gasteiger partial charge in [0.05, 0.1) is 6.54 Å². The van der Waals surface area contributed by atoms with E-state index in [0.29, 0.717) is 19.6 Å². The van der Waals surface area contributed by atoms with Gasteiger partial charge in [0, 0.05) is 49.4 Å². The minimum absolute atomic E-state index is 0.0222. The van der Waals surface area contributed by atoms with Crippen molar-refractivity contribution in [1.82, 2.24) is 25.1 Å². The number of rotatable bonds is 9. The number of halogens is 3. The molecule has 0 atom stereocenters. The van der Waals surface area contributed by atoms with Gasteiger partial charge in [-0.1, -0.05) is 35.9 Å². The van der Waals surface area contributed by atoms with Gasteiger partial charge in [0.15, 0.2) is 28.4 Å². The van der Waals surface area contributed by atoms with E-state index in [1.165, 1.54) is 12.1 Å². The number of nitrogens with one attached hydrogen (secondary N) is 2. The fourth-order valence-electron chi connectivity index (χ4n) is 4.04. The molecule has 3 aromatic rings. The second-order valence-electron chi connectivity index (χ2n) is 9.04. The maximum absolute atomic E-state index is 13.1. The number of benzene rings is 2. The summed E-state index contributed by atoms with van der Waals surface area (Å²) in [6, 6.07) is 14.6. The van der Waals surface area contributed by atoms with Gasteiger partial charge in [-0.25, -0.2) is 14.4 Å². The Morgan fingerprint density at radius 1 is 1.03 bits per heavy atom. The third-order valence-electron chi connectivity index (χ3n) is 6.19. The van der Waals surface area contributed by atoms with Gasteiger partial charge in [-0.05, 0) is 58.0 Å². The Hall–Kier alpha value is -3.07. The summed E-state index contributed by atoms with van der Waals surface area (Å²) in [6.45, 7) is 5.98. The molecular formula is C26H30ClFIN9O. The van der Waals surface area contributed by atoms with E-state index in [0.717, 1.165) is 47.4 Å². The highest BCUT2D eigenvalue weighted by Crippen LogP contribution is 2.21. The lowest BCUT2D eigenvalue weighted by Crippen LogP contribution is -2.46. The molecule has 1 aromatic heterocycles. The fraction of sp³-hybridized carbons (Fsp3) is 0.308. The number of amides is 1. The number of carbonyl (C=O) groups excluding carboxylic acids is 1. The maximum atomic E-state index is 13.1. The summed E-state index contributed by atoms with van der Waals surface area (Å²) < 4.78 is 14.2. The van der Waals surface area contributed by atoms with Gasteiger partial charge in [0.1, 0.15) is 5.82 Å². The van der Waals surface area contributed by atoms with Gasteiger partial charge >= 0.3 is 0 Å². The van der Waals surface area contributed by atoms with E-state index in [-0.39, 0.29) is 34.3 Å². The van der Waals surface area contributed by atoms with E-state index >= 15 is 0 Å². The van der Waals surface area contributed by atoms with Crippen molar-refractivity contribution in [3.63, 3.8) is 0 Å². The van der Waals surface area contributed by atoms with Crippen LogP contribution in [0.5, 0.6) is 0 Å². The Kier molecular flexibility index (Phi) is 10.3. The first-order chi connectivity index (χ1) is 18.8. The zero-order valence-electron chi connectivity index (χ0n) is 21.2. The lowest BCUT2D eigenvalue weighted by Gasteiger charge is -2.34. The molecule has 0 radical (unpaired) electrons. The van der Waals surface area contributed by atoms with Crippen molar-refractivity contribution >= 4 is 57.7 Å². The van der Waals surface area contributed by atoms with Crippen molar-refractivity contribution in [2.24, 2.45) is 10.7 Å². The first-order valence-electron chi connectivity index (χ1n) is 12.4. The van der Waals surface area contributed by atoms with Crippen LogP contribution in [0.4, 0.5) is 16.0 Å². The number of nitrogen functional groups attached to an aromatic ring is 1. The minimum atomic E-state index is -0.637. The van der Waals surface area contributed by atoms with Crippen LogP contribution < -0.4 is 22.1 Å². The lowest BCUT2D eigenvalue weighted by atomic mass is 10.2. The molecule has 206 valence electrons. The molecule has 10 nitrogen and oxygen atoms in total. The van der Waals surface area contributed by atoms with E-state index < -0.39 is 5.91 Å². The molecule has 6 N–H and O–H groups in total. The summed E-state index contributed by atoms with van der Waals surface area (Å²) in [5.74, 6) is -0.689. The van der Waals surface area contributed by atoms with Crippen LogP contribution in [0.15, 0.2) is 53.5 Å². The molecule has 1 saturated heterocycles. The summed E-state index contributed by atoms with van der Waals surface area (Å²) in [7, 11) is 0. The standard InChI is InChI=1S/C26H30ClFIN9O/c27-22-24(33-15-17-3-7-20(29)8-4-17)35-23(30)21(34-22)25(39)36-26(31)32-9-10-37-11-13-38(14-12-37)16-18-1-5-19(28)6-2-18/h1-8H,9-16H2,(H3,30,33,35)(H3,31,32,36,39). The molecule has 4 rings (SSSR count). The van der Waals surface area contributed by atoms with Crippen LogP contribution in [-0.4, -0.2) is 70.9 Å². The molecule has 0 bridgehead atoms. The third-order valence-corrected chi connectivity index (χ3v) is 7.18. The number of carbonyl (C=O) groups is 1. The number of nitrogens with zero attached hydrogens (tertiary/aromatic N) is 5. The molecule has 0 saturated carbocycles. The number of anilines is 2. The van der Waals surface area contributed by atoms with Gasteiger partial charge in [0.2, 0.25) is 0 Å². The molecule has 2 heterocycles. The lowest BCUT2D eigenvalue weighted by molar-refractivity contribution is 0.0972. The van der Waals surface area contributed by atoms with Gasteiger partial charge < -0.3 is 16.8 Å². The molecular weight excluding hydrogens is 636 g/mol. The Morgan fingerprint density at radius 2 is 1.67 bits per heavy atom. The van der Waals surface area contributed by atoms with Crippen molar-refractivity contribution < 1.29 is 9.18 Å². The molecule has 2 aromatic carbocycles. The number of nitrogens with two attached hydrogens (primary N) is 2. The maximum Gasteiger partial charge on any atom is 0.280 e. The normalized spacial score (nSPS) is 14.8. The summed E-state index contributed by atoms with van der Waals surface area (Å²) in [6.07, 6.45) is 0. The highest BCUT2D eigenvalue weighted by atomic mass is 127. The number of aliphatic imine (C=N–C) groups is 1. The molecule has 39 heavy (non-hydrogen) atoms. The smallest absolute Gasteiger partial charge is 0.280 e. The molecule has 13 heteroatoms. The van der Waals surface area contributed by atoms with E-state index in [1.807, 2.05) is 36.4 Å². The van der Waals surface area contributed by atoms with Gasteiger partial charge in [-0.2, -0.15) is 0 Å². The monoisotopic (exact) mass is 665 g/mol. The summed E-state index contributed by atoms with van der Waals surface area (Å²) in [5.41, 5.74) is 13.9. The molecule has 1 amide bonds. The highest BCUT2D eigenvalue weighted by molar-refractivity contribution is 14.1. The van der Waals surface area contributed by atoms with Crippen LogP contribution in [0, 0.1) is 9.39 Å². The molecule has 0 unspecified atom stereocenters. The molecule has 1 aliphatic rings. The Balaban J connectivity index is 1.21. The summed E-state index contributed by atoms with van der Waals surface area (Å²) in [5, 5.41) is 5.60. The van der Waals surface area contributed by atoms with Gasteiger partial charge in [0.25, 0.3) is 5.91 Å². The SMILES string of the molecule is NC(=NCCN1CCN(Cc2ccc(F)cc2)CC1)NC(=O)c1nc(Cl)c(NCc2ccc(I)cc2)nc1N. The van der Waals surface area contributed by atoms with Crippen LogP contribution in [-0.2, 0) is 13.1 Å². The van der Waals surface area contributed by atoms with E-state index in [4.69, 9.17) is 23.1 Å². The largest absolute Gasteiger partial charge is 0.382 e. The van der Waals surface area contributed by atoms with Crippen LogP contribution in [0.1, 0.15) is 21.6 Å². The fourth-order valence-corrected chi connectivity index (χ4v) is 4.59. The number of piperazine rings is 1. The first kappa shape index (κ1) is 28.9. The second kappa shape index (κ2) is 13.8. The number of hydrogen-bond donors (Lipinski definition) is 4. The highest BCUT2D eigenvalue weighted by Gasteiger charge is 2.19. The van der Waals surface area contributed by atoms with Crippen LogP contribution in [0.2, 0.25) is 5.15 Å². The predicted octanol–water partition coefficient (Wildman–Crippen LogP) is 2.93. The topological polar surface area (TPSA) is 138 Å². The molecule has 0 aliphatic carbocycles. The zero-order chi connectivity index (χ0) is 27.8. The zero-order valence-corrected chi connectivity index (χ0v) is 24.1. The van der Waals surface area contributed by atoms with Crippen molar-refractivity contribution in [2.75, 3.05) is 50.3 Å². The molecule has 1 fully saturated rings. The number of hydrogen-bond acceptors (Lipinski definition) is 8.